The van der Waals surface area contributed by atoms with Crippen LogP contribution in [0.25, 0.3) is 0 Å². The minimum absolute atomic E-state index is 0.115. The summed E-state index contributed by atoms with van der Waals surface area (Å²) in [6, 6.07) is 15.4. The lowest BCUT2D eigenvalue weighted by molar-refractivity contribution is -0.121. The first kappa shape index (κ1) is 20.0. The predicted molar refractivity (Wildman–Crippen MR) is 107 cm³/mol. The van der Waals surface area contributed by atoms with E-state index in [4.69, 9.17) is 16.3 Å². The molecule has 0 aliphatic carbocycles. The number of hydrogen-bond donors (Lipinski definition) is 1. The largest absolute Gasteiger partial charge is 0.493 e. The molecule has 5 heteroatoms. The van der Waals surface area contributed by atoms with E-state index < -0.39 is 0 Å². The summed E-state index contributed by atoms with van der Waals surface area (Å²) in [6.07, 6.45) is 0.974. The zero-order valence-corrected chi connectivity index (χ0v) is 16.2. The van der Waals surface area contributed by atoms with E-state index in [2.05, 4.69) is 24.4 Å². The van der Waals surface area contributed by atoms with E-state index in [0.29, 0.717) is 24.5 Å². The quantitative estimate of drug-likeness (QED) is 0.403. The van der Waals surface area contributed by atoms with Gasteiger partial charge >= 0.3 is 0 Å². The molecule has 1 N–H and O–H groups in total. The molecule has 1 amide bonds. The molecule has 2 aromatic rings. The highest BCUT2D eigenvalue weighted by molar-refractivity contribution is 6.30. The van der Waals surface area contributed by atoms with Crippen LogP contribution in [-0.2, 0) is 4.79 Å². The van der Waals surface area contributed by atoms with Crippen LogP contribution in [0.2, 0.25) is 5.02 Å². The van der Waals surface area contributed by atoms with Crippen LogP contribution in [0.4, 0.5) is 0 Å². The first-order valence-corrected chi connectivity index (χ1v) is 9.16. The van der Waals surface area contributed by atoms with Crippen molar-refractivity contribution in [2.45, 2.75) is 33.6 Å². The van der Waals surface area contributed by atoms with Crippen molar-refractivity contribution in [3.63, 3.8) is 0 Å². The molecule has 0 spiro atoms. The number of carbonyl (C=O) groups is 1. The van der Waals surface area contributed by atoms with Crippen LogP contribution >= 0.6 is 11.6 Å². The van der Waals surface area contributed by atoms with Crippen LogP contribution in [0.5, 0.6) is 5.75 Å². The van der Waals surface area contributed by atoms with Crippen molar-refractivity contribution in [2.24, 2.45) is 11.0 Å². The zero-order chi connectivity index (χ0) is 18.9. The molecule has 0 unspecified atom stereocenters. The Balaban J connectivity index is 1.80. The van der Waals surface area contributed by atoms with Gasteiger partial charge in [-0.1, -0.05) is 55.8 Å². The second-order valence-corrected chi connectivity index (χ2v) is 6.85. The van der Waals surface area contributed by atoms with E-state index in [9.17, 15) is 4.79 Å². The summed E-state index contributed by atoms with van der Waals surface area (Å²) in [5, 5.41) is 5.00. The van der Waals surface area contributed by atoms with Crippen LogP contribution in [-0.4, -0.2) is 18.2 Å². The lowest BCUT2D eigenvalue weighted by Crippen LogP contribution is -2.22. The Morgan fingerprint density at radius 1 is 1.19 bits per heavy atom. The SMILES string of the molecule is Cc1cc(Cl)ccc1OCCCC(=O)NN=C(c1ccccc1)C(C)C. The Morgan fingerprint density at radius 2 is 1.92 bits per heavy atom. The van der Waals surface area contributed by atoms with Gasteiger partial charge in [0.15, 0.2) is 0 Å². The Labute approximate surface area is 160 Å². The number of rotatable bonds is 8. The lowest BCUT2D eigenvalue weighted by atomic mass is 10.0. The molecular weight excluding hydrogens is 348 g/mol. The number of hydrazone groups is 1. The minimum Gasteiger partial charge on any atom is -0.493 e. The Kier molecular flexibility index (Phi) is 7.67. The fourth-order valence-corrected chi connectivity index (χ4v) is 2.73. The van der Waals surface area contributed by atoms with Gasteiger partial charge in [0, 0.05) is 11.4 Å². The minimum atomic E-state index is -0.115. The van der Waals surface area contributed by atoms with Crippen molar-refractivity contribution in [3.8, 4) is 5.75 Å². The smallest absolute Gasteiger partial charge is 0.240 e. The van der Waals surface area contributed by atoms with Gasteiger partial charge in [-0.2, -0.15) is 5.10 Å². The molecule has 26 heavy (non-hydrogen) atoms. The van der Waals surface area contributed by atoms with Gasteiger partial charge in [-0.25, -0.2) is 5.43 Å². The normalized spacial score (nSPS) is 11.5. The van der Waals surface area contributed by atoms with E-state index >= 15 is 0 Å². The molecule has 138 valence electrons. The van der Waals surface area contributed by atoms with Crippen LogP contribution in [0, 0.1) is 12.8 Å². The number of carbonyl (C=O) groups excluding carboxylic acids is 1. The molecule has 4 nitrogen and oxygen atoms in total. The molecule has 2 rings (SSSR count). The Hall–Kier alpha value is -2.33. The number of amides is 1. The first-order chi connectivity index (χ1) is 12.5. The van der Waals surface area contributed by atoms with Gasteiger partial charge in [-0.05, 0) is 48.6 Å². The van der Waals surface area contributed by atoms with Gasteiger partial charge in [0.25, 0.3) is 0 Å². The molecule has 0 heterocycles. The summed E-state index contributed by atoms with van der Waals surface area (Å²) in [6.45, 7) is 6.52. The van der Waals surface area contributed by atoms with Gasteiger partial charge in [0.2, 0.25) is 5.91 Å². The van der Waals surface area contributed by atoms with E-state index in [1.807, 2.05) is 49.4 Å². The van der Waals surface area contributed by atoms with E-state index in [-0.39, 0.29) is 11.8 Å². The van der Waals surface area contributed by atoms with Crippen molar-refractivity contribution in [3.05, 3.63) is 64.7 Å². The molecule has 0 radical (unpaired) electrons. The summed E-state index contributed by atoms with van der Waals surface area (Å²) in [5.41, 5.74) is 5.52. The third kappa shape index (κ3) is 6.19. The number of ether oxygens (including phenoxy) is 1. The first-order valence-electron chi connectivity index (χ1n) is 8.78. The van der Waals surface area contributed by atoms with E-state index in [1.54, 1.807) is 6.07 Å². The van der Waals surface area contributed by atoms with Crippen LogP contribution in [0.1, 0.15) is 37.8 Å². The average Bonchev–Trinajstić information content (AvgIpc) is 2.61. The maximum absolute atomic E-state index is 12.0. The van der Waals surface area contributed by atoms with Crippen LogP contribution < -0.4 is 10.2 Å². The molecular formula is C21H25ClN2O2. The highest BCUT2D eigenvalue weighted by Crippen LogP contribution is 2.21. The third-order valence-electron chi connectivity index (χ3n) is 3.86. The summed E-state index contributed by atoms with van der Waals surface area (Å²) in [7, 11) is 0. The monoisotopic (exact) mass is 372 g/mol. The summed E-state index contributed by atoms with van der Waals surface area (Å²) >= 11 is 5.93. The zero-order valence-electron chi connectivity index (χ0n) is 15.5. The van der Waals surface area contributed by atoms with Gasteiger partial charge in [-0.3, -0.25) is 4.79 Å². The number of benzene rings is 2. The van der Waals surface area contributed by atoms with E-state index in [1.165, 1.54) is 0 Å². The van der Waals surface area contributed by atoms with Crippen molar-refractivity contribution in [1.82, 2.24) is 5.43 Å². The molecule has 2 aromatic carbocycles. The van der Waals surface area contributed by atoms with Crippen LogP contribution in [0.15, 0.2) is 53.6 Å². The predicted octanol–water partition coefficient (Wildman–Crippen LogP) is 4.98. The Bertz CT molecular complexity index is 758. The molecule has 0 fully saturated rings. The summed E-state index contributed by atoms with van der Waals surface area (Å²) < 4.78 is 5.70. The second kappa shape index (κ2) is 9.97. The number of aryl methyl sites for hydroxylation is 1. The van der Waals surface area contributed by atoms with Crippen molar-refractivity contribution in [2.75, 3.05) is 6.61 Å². The maximum atomic E-state index is 12.0. The molecule has 0 aliphatic rings. The number of halogens is 1. The summed E-state index contributed by atoms with van der Waals surface area (Å²) in [4.78, 5) is 12.0. The van der Waals surface area contributed by atoms with Gasteiger partial charge in [0.1, 0.15) is 5.75 Å². The third-order valence-corrected chi connectivity index (χ3v) is 4.10. The highest BCUT2D eigenvalue weighted by Gasteiger charge is 2.09. The number of nitrogens with one attached hydrogen (secondary N) is 1. The van der Waals surface area contributed by atoms with Gasteiger partial charge < -0.3 is 4.74 Å². The number of hydrogen-bond acceptors (Lipinski definition) is 3. The fourth-order valence-electron chi connectivity index (χ4n) is 2.50. The van der Waals surface area contributed by atoms with E-state index in [0.717, 1.165) is 22.6 Å². The van der Waals surface area contributed by atoms with Gasteiger partial charge in [0.05, 0.1) is 12.3 Å². The molecule has 0 aliphatic heterocycles. The second-order valence-electron chi connectivity index (χ2n) is 6.41. The molecule has 0 atom stereocenters. The lowest BCUT2D eigenvalue weighted by Gasteiger charge is -2.11. The topological polar surface area (TPSA) is 50.7 Å². The van der Waals surface area contributed by atoms with Crippen molar-refractivity contribution in [1.29, 1.82) is 0 Å². The standard InChI is InChI=1S/C21H25ClN2O2/c1-15(2)21(17-8-5-4-6-9-17)24-23-20(25)10-7-13-26-19-12-11-18(22)14-16(19)3/h4-6,8-9,11-12,14-15H,7,10,13H2,1-3H3,(H,23,25). The highest BCUT2D eigenvalue weighted by atomic mass is 35.5. The average molecular weight is 373 g/mol. The molecule has 0 aromatic heterocycles. The molecule has 0 bridgehead atoms. The van der Waals surface area contributed by atoms with Crippen molar-refractivity contribution < 1.29 is 9.53 Å². The number of nitrogens with zero attached hydrogens (tertiary/aromatic N) is 1. The fraction of sp³-hybridized carbons (Fsp3) is 0.333. The maximum Gasteiger partial charge on any atom is 0.240 e. The molecule has 0 saturated heterocycles. The summed E-state index contributed by atoms with van der Waals surface area (Å²) in [5.74, 6) is 0.892. The van der Waals surface area contributed by atoms with Gasteiger partial charge in [-0.15, -0.1) is 0 Å². The molecule has 0 saturated carbocycles. The van der Waals surface area contributed by atoms with Crippen molar-refractivity contribution >= 4 is 23.2 Å². The van der Waals surface area contributed by atoms with Crippen LogP contribution in [0.3, 0.4) is 0 Å². The Morgan fingerprint density at radius 3 is 2.58 bits per heavy atom.